The van der Waals surface area contributed by atoms with E-state index in [0.29, 0.717) is 17.7 Å². The number of nitrogens with zero attached hydrogens (tertiary/aromatic N) is 6. The Kier molecular flexibility index (Phi) is 7.60. The molecule has 44 heavy (non-hydrogen) atoms. The van der Waals surface area contributed by atoms with Gasteiger partial charge in [0, 0.05) is 41.5 Å². The van der Waals surface area contributed by atoms with Crippen LogP contribution in [0.15, 0.2) is 36.9 Å². The monoisotopic (exact) mass is 627 g/mol. The van der Waals surface area contributed by atoms with Crippen LogP contribution >= 0.6 is 11.6 Å². The normalized spacial score (nSPS) is 18.4. The Balaban J connectivity index is 1.22. The number of fused-ring (bicyclic) bond motifs is 1. The average Bonchev–Trinajstić information content (AvgIpc) is 3.52. The van der Waals surface area contributed by atoms with E-state index in [4.69, 9.17) is 11.6 Å². The summed E-state index contributed by atoms with van der Waals surface area (Å²) >= 11 is 5.83. The van der Waals surface area contributed by atoms with Crippen molar-refractivity contribution in [1.29, 1.82) is 0 Å². The highest BCUT2D eigenvalue weighted by atomic mass is 35.5. The summed E-state index contributed by atoms with van der Waals surface area (Å²) in [6.45, 7) is 5.36. The highest BCUT2D eigenvalue weighted by molar-refractivity contribution is 6.31. The number of aromatic nitrogens is 5. The van der Waals surface area contributed by atoms with Crippen molar-refractivity contribution in [2.24, 2.45) is 11.8 Å². The first-order valence-electron chi connectivity index (χ1n) is 13.9. The minimum atomic E-state index is -3.02. The van der Waals surface area contributed by atoms with E-state index in [9.17, 15) is 22.8 Å². The van der Waals surface area contributed by atoms with Crippen molar-refractivity contribution in [3.05, 3.63) is 81.7 Å². The van der Waals surface area contributed by atoms with Gasteiger partial charge in [0.05, 0.1) is 40.5 Å². The SMILES string of the molecule is Cc1ncc(-c2c(C(F)F)ccc(Cl)c2F)nc1C(=O)Nc1cnn(C(C)c2cnc(N3C[C@H]4CC[C@H]4C3=O)c(F)c2C)c1. The summed E-state index contributed by atoms with van der Waals surface area (Å²) in [6.07, 6.45) is 4.28. The quantitative estimate of drug-likeness (QED) is 0.236. The van der Waals surface area contributed by atoms with Crippen molar-refractivity contribution >= 4 is 34.9 Å². The number of hydrogen-bond donors (Lipinski definition) is 1. The largest absolute Gasteiger partial charge is 0.318 e. The number of hydrogen-bond acceptors (Lipinski definition) is 6. The summed E-state index contributed by atoms with van der Waals surface area (Å²) in [7, 11) is 0. The molecule has 2 aliphatic rings. The number of halogens is 5. The first-order valence-corrected chi connectivity index (χ1v) is 14.3. The molecule has 1 unspecified atom stereocenters. The Morgan fingerprint density at radius 2 is 1.84 bits per heavy atom. The lowest BCUT2D eigenvalue weighted by Crippen LogP contribution is -2.30. The third-order valence-corrected chi connectivity index (χ3v) is 8.74. The molecule has 1 saturated carbocycles. The van der Waals surface area contributed by atoms with E-state index in [-0.39, 0.29) is 51.4 Å². The molecule has 9 nitrogen and oxygen atoms in total. The molecule has 4 heterocycles. The number of nitrogens with one attached hydrogen (secondary N) is 1. The Morgan fingerprint density at radius 3 is 2.50 bits per heavy atom. The molecular formula is C30H26ClF4N7O2. The van der Waals surface area contributed by atoms with Crippen LogP contribution in [0.2, 0.25) is 5.02 Å². The smallest absolute Gasteiger partial charge is 0.276 e. The van der Waals surface area contributed by atoms with Crippen molar-refractivity contribution in [1.82, 2.24) is 24.7 Å². The zero-order chi connectivity index (χ0) is 31.4. The van der Waals surface area contributed by atoms with E-state index >= 15 is 4.39 Å². The molecular weight excluding hydrogens is 602 g/mol. The summed E-state index contributed by atoms with van der Waals surface area (Å²) in [5.74, 6) is -2.24. The zero-order valence-electron chi connectivity index (χ0n) is 23.8. The number of amides is 2. The van der Waals surface area contributed by atoms with Crippen LogP contribution in [-0.4, -0.2) is 43.1 Å². The van der Waals surface area contributed by atoms with Gasteiger partial charge in [0.25, 0.3) is 12.3 Å². The molecule has 3 aromatic heterocycles. The number of alkyl halides is 2. The zero-order valence-corrected chi connectivity index (χ0v) is 24.5. The fourth-order valence-corrected chi connectivity index (χ4v) is 5.91. The molecule has 1 aromatic carbocycles. The van der Waals surface area contributed by atoms with Crippen LogP contribution in [0.25, 0.3) is 11.3 Å². The van der Waals surface area contributed by atoms with E-state index < -0.39 is 41.1 Å². The van der Waals surface area contributed by atoms with Crippen molar-refractivity contribution in [3.8, 4) is 11.3 Å². The third-order valence-electron chi connectivity index (χ3n) is 8.45. The summed E-state index contributed by atoms with van der Waals surface area (Å²) in [6, 6.07) is 1.52. The van der Waals surface area contributed by atoms with Crippen molar-refractivity contribution in [3.63, 3.8) is 0 Å². The van der Waals surface area contributed by atoms with Gasteiger partial charge in [-0.2, -0.15) is 5.10 Å². The number of pyridine rings is 1. The lowest BCUT2D eigenvalue weighted by atomic mass is 9.76. The summed E-state index contributed by atoms with van der Waals surface area (Å²) in [5.41, 5.74) is -0.377. The molecule has 0 bridgehead atoms. The second kappa shape index (κ2) is 11.3. The van der Waals surface area contributed by atoms with Gasteiger partial charge in [0.15, 0.2) is 17.5 Å². The van der Waals surface area contributed by atoms with Crippen molar-refractivity contribution in [2.45, 2.75) is 46.1 Å². The number of carbonyl (C=O) groups is 2. The molecule has 4 aromatic rings. The van der Waals surface area contributed by atoms with Gasteiger partial charge >= 0.3 is 0 Å². The maximum absolute atomic E-state index is 15.5. The van der Waals surface area contributed by atoms with E-state index in [0.717, 1.165) is 31.2 Å². The van der Waals surface area contributed by atoms with Gasteiger partial charge in [-0.05, 0) is 51.2 Å². The summed E-state index contributed by atoms with van der Waals surface area (Å²) in [5, 5.41) is 6.55. The maximum Gasteiger partial charge on any atom is 0.276 e. The van der Waals surface area contributed by atoms with E-state index in [1.165, 1.54) is 35.1 Å². The lowest BCUT2D eigenvalue weighted by molar-refractivity contribution is -0.123. The third kappa shape index (κ3) is 4.98. The van der Waals surface area contributed by atoms with Gasteiger partial charge in [-0.25, -0.2) is 27.5 Å². The molecule has 1 aliphatic heterocycles. The molecule has 1 saturated heterocycles. The van der Waals surface area contributed by atoms with Crippen LogP contribution in [-0.2, 0) is 4.79 Å². The number of carbonyl (C=O) groups excluding carboxylic acids is 2. The molecule has 6 rings (SSSR count). The fraction of sp³-hybridized carbons (Fsp3) is 0.333. The molecule has 1 N–H and O–H groups in total. The molecule has 3 atom stereocenters. The minimum absolute atomic E-state index is 0.0308. The molecule has 2 fully saturated rings. The molecule has 0 radical (unpaired) electrons. The fourth-order valence-electron chi connectivity index (χ4n) is 5.76. The molecule has 1 aliphatic carbocycles. The van der Waals surface area contributed by atoms with Gasteiger partial charge in [-0.15, -0.1) is 0 Å². The van der Waals surface area contributed by atoms with Crippen molar-refractivity contribution in [2.75, 3.05) is 16.8 Å². The highest BCUT2D eigenvalue weighted by Crippen LogP contribution is 2.43. The van der Waals surface area contributed by atoms with Crippen LogP contribution in [0.3, 0.4) is 0 Å². The van der Waals surface area contributed by atoms with Gasteiger partial charge < -0.3 is 5.32 Å². The van der Waals surface area contributed by atoms with Crippen LogP contribution in [0.4, 0.5) is 29.1 Å². The van der Waals surface area contributed by atoms with Gasteiger partial charge in [0.1, 0.15) is 5.69 Å². The van der Waals surface area contributed by atoms with Crippen LogP contribution < -0.4 is 10.2 Å². The van der Waals surface area contributed by atoms with E-state index in [2.05, 4.69) is 25.4 Å². The van der Waals surface area contributed by atoms with Gasteiger partial charge in [-0.3, -0.25) is 24.2 Å². The average molecular weight is 628 g/mol. The molecule has 228 valence electrons. The van der Waals surface area contributed by atoms with Crippen LogP contribution in [0, 0.1) is 37.3 Å². The first-order chi connectivity index (χ1) is 21.0. The predicted octanol–water partition coefficient (Wildman–Crippen LogP) is 6.46. The number of benzene rings is 1. The van der Waals surface area contributed by atoms with Crippen molar-refractivity contribution < 1.29 is 27.2 Å². The van der Waals surface area contributed by atoms with E-state index in [1.807, 2.05) is 0 Å². The standard InChI is InChI=1S/C30H26ClF4N7O2/c1-13-20(9-37-28(24(13)32)41-11-16-4-5-18(16)30(41)44)15(3)42-12-17(8-38-42)39-29(43)26-14(2)36-10-22(40-26)23-19(27(34)35)6-7-21(31)25(23)33/h6-10,12,15-16,18,27H,4-5,11H2,1-3H3,(H,39,43)/t15?,16-,18-/m1/s1. The highest BCUT2D eigenvalue weighted by Gasteiger charge is 2.47. The van der Waals surface area contributed by atoms with E-state index in [1.54, 1.807) is 13.8 Å². The first kappa shape index (κ1) is 29.7. The summed E-state index contributed by atoms with van der Waals surface area (Å²) in [4.78, 5) is 39.8. The Hall–Kier alpha value is -4.39. The Bertz CT molecular complexity index is 1810. The number of aryl methyl sites for hydroxylation is 1. The topological polar surface area (TPSA) is 106 Å². The minimum Gasteiger partial charge on any atom is -0.318 e. The Labute approximate surface area is 254 Å². The van der Waals surface area contributed by atoms with Crippen LogP contribution in [0.1, 0.15) is 65.1 Å². The second-order valence-corrected chi connectivity index (χ2v) is 11.4. The summed E-state index contributed by atoms with van der Waals surface area (Å²) < 4.78 is 59.1. The molecule has 2 amide bonds. The van der Waals surface area contributed by atoms with Gasteiger partial charge in [0.2, 0.25) is 5.91 Å². The number of anilines is 2. The Morgan fingerprint density at radius 1 is 1.07 bits per heavy atom. The van der Waals surface area contributed by atoms with Gasteiger partial charge in [-0.1, -0.05) is 17.7 Å². The molecule has 0 spiro atoms. The predicted molar refractivity (Wildman–Crippen MR) is 154 cm³/mol. The second-order valence-electron chi connectivity index (χ2n) is 11.0. The maximum atomic E-state index is 15.5. The van der Waals surface area contributed by atoms with Crippen LogP contribution in [0.5, 0.6) is 0 Å². The molecule has 14 heteroatoms. The lowest BCUT2D eigenvalue weighted by Gasteiger charge is -2.25. The number of rotatable bonds is 7.